The molecular weight excluding hydrogens is 329 g/mol. The third kappa shape index (κ3) is 4.92. The van der Waals surface area contributed by atoms with E-state index in [0.29, 0.717) is 10.0 Å². The highest BCUT2D eigenvalue weighted by molar-refractivity contribution is 9.10. The van der Waals surface area contributed by atoms with Crippen LogP contribution in [0.2, 0.25) is 0 Å². The fourth-order valence-electron chi connectivity index (χ4n) is 1.83. The summed E-state index contributed by atoms with van der Waals surface area (Å²) in [6.45, 7) is 3.79. The molecule has 0 bridgehead atoms. The van der Waals surface area contributed by atoms with E-state index in [1.807, 2.05) is 13.8 Å². The summed E-state index contributed by atoms with van der Waals surface area (Å²) < 4.78 is 13.8. The number of halogens is 2. The Bertz CT molecular complexity index is 505. The molecule has 0 aliphatic heterocycles. The molecule has 6 heteroatoms. The summed E-state index contributed by atoms with van der Waals surface area (Å²) in [6, 6.07) is 4.06. The van der Waals surface area contributed by atoms with Crippen molar-refractivity contribution in [2.24, 2.45) is 0 Å². The van der Waals surface area contributed by atoms with Crippen molar-refractivity contribution in [1.82, 2.24) is 4.90 Å². The maximum absolute atomic E-state index is 13.2. The maximum atomic E-state index is 13.2. The molecule has 110 valence electrons. The quantitative estimate of drug-likeness (QED) is 0.862. The maximum Gasteiger partial charge on any atom is 0.305 e. The van der Waals surface area contributed by atoms with Crippen LogP contribution in [0.4, 0.5) is 4.39 Å². The van der Waals surface area contributed by atoms with Crippen LogP contribution in [-0.4, -0.2) is 34.5 Å². The molecule has 0 spiro atoms. The van der Waals surface area contributed by atoms with E-state index in [1.54, 1.807) is 6.07 Å². The summed E-state index contributed by atoms with van der Waals surface area (Å²) in [4.78, 5) is 24.3. The standard InChI is InChI=1S/C14H17BrFNO3/c1-9(2)17(6-5-14(19)20)13(18)8-10-7-11(16)3-4-12(10)15/h3-4,7,9H,5-6,8H2,1-2H3,(H,19,20). The zero-order valence-electron chi connectivity index (χ0n) is 11.4. The molecule has 0 radical (unpaired) electrons. The van der Waals surface area contributed by atoms with Crippen LogP contribution in [0.1, 0.15) is 25.8 Å². The van der Waals surface area contributed by atoms with E-state index < -0.39 is 11.8 Å². The number of hydrogen-bond donors (Lipinski definition) is 1. The zero-order valence-corrected chi connectivity index (χ0v) is 13.0. The highest BCUT2D eigenvalue weighted by atomic mass is 79.9. The van der Waals surface area contributed by atoms with Gasteiger partial charge >= 0.3 is 5.97 Å². The molecule has 0 unspecified atom stereocenters. The van der Waals surface area contributed by atoms with Crippen LogP contribution in [0.25, 0.3) is 0 Å². The summed E-state index contributed by atoms with van der Waals surface area (Å²) >= 11 is 3.28. The first kappa shape index (κ1) is 16.6. The minimum atomic E-state index is -0.949. The second kappa shape index (κ2) is 7.38. The van der Waals surface area contributed by atoms with Gasteiger partial charge in [-0.1, -0.05) is 15.9 Å². The highest BCUT2D eigenvalue weighted by Gasteiger charge is 2.19. The molecule has 0 aliphatic rings. The van der Waals surface area contributed by atoms with Gasteiger partial charge in [-0.3, -0.25) is 9.59 Å². The van der Waals surface area contributed by atoms with Gasteiger partial charge in [0.05, 0.1) is 12.8 Å². The Morgan fingerprint density at radius 2 is 2.05 bits per heavy atom. The first-order valence-corrected chi connectivity index (χ1v) is 7.05. The van der Waals surface area contributed by atoms with Gasteiger partial charge < -0.3 is 10.0 Å². The lowest BCUT2D eigenvalue weighted by Crippen LogP contribution is -2.39. The zero-order chi connectivity index (χ0) is 15.3. The van der Waals surface area contributed by atoms with Crippen molar-refractivity contribution in [3.8, 4) is 0 Å². The first-order valence-electron chi connectivity index (χ1n) is 6.26. The molecule has 0 fully saturated rings. The van der Waals surface area contributed by atoms with Gasteiger partial charge in [0.15, 0.2) is 0 Å². The van der Waals surface area contributed by atoms with Crippen LogP contribution in [0.5, 0.6) is 0 Å². The topological polar surface area (TPSA) is 57.6 Å². The number of nitrogens with zero attached hydrogens (tertiary/aromatic N) is 1. The Labute approximate surface area is 125 Å². The van der Waals surface area contributed by atoms with E-state index in [9.17, 15) is 14.0 Å². The van der Waals surface area contributed by atoms with Crippen molar-refractivity contribution < 1.29 is 19.1 Å². The molecule has 4 nitrogen and oxygen atoms in total. The van der Waals surface area contributed by atoms with Crippen molar-refractivity contribution in [3.63, 3.8) is 0 Å². The van der Waals surface area contributed by atoms with Crippen LogP contribution in [0, 0.1) is 5.82 Å². The molecule has 20 heavy (non-hydrogen) atoms. The number of hydrogen-bond acceptors (Lipinski definition) is 2. The van der Waals surface area contributed by atoms with Crippen LogP contribution in [-0.2, 0) is 16.0 Å². The van der Waals surface area contributed by atoms with E-state index >= 15 is 0 Å². The fourth-order valence-corrected chi connectivity index (χ4v) is 2.22. The molecule has 0 aliphatic carbocycles. The normalized spacial score (nSPS) is 10.7. The van der Waals surface area contributed by atoms with Crippen molar-refractivity contribution in [2.45, 2.75) is 32.7 Å². The molecule has 1 amide bonds. The summed E-state index contributed by atoms with van der Waals surface area (Å²) in [7, 11) is 0. The van der Waals surface area contributed by atoms with E-state index in [4.69, 9.17) is 5.11 Å². The van der Waals surface area contributed by atoms with Crippen molar-refractivity contribution >= 4 is 27.8 Å². The minimum Gasteiger partial charge on any atom is -0.481 e. The van der Waals surface area contributed by atoms with Gasteiger partial charge in [-0.15, -0.1) is 0 Å². The smallest absolute Gasteiger partial charge is 0.305 e. The minimum absolute atomic E-state index is 0.0378. The summed E-state index contributed by atoms with van der Waals surface area (Å²) in [5.41, 5.74) is 0.552. The van der Waals surface area contributed by atoms with Crippen LogP contribution >= 0.6 is 15.9 Å². The monoisotopic (exact) mass is 345 g/mol. The molecule has 0 saturated heterocycles. The van der Waals surface area contributed by atoms with Crippen LogP contribution in [0.15, 0.2) is 22.7 Å². The number of carboxylic acid groups (broad SMARTS) is 1. The summed E-state index contributed by atoms with van der Waals surface area (Å²) in [5.74, 6) is -1.57. The molecule has 0 aromatic heterocycles. The fraction of sp³-hybridized carbons (Fsp3) is 0.429. The molecule has 0 atom stereocenters. The number of benzene rings is 1. The first-order chi connectivity index (χ1) is 9.31. The van der Waals surface area contributed by atoms with Gasteiger partial charge in [-0.05, 0) is 37.6 Å². The van der Waals surface area contributed by atoms with Gasteiger partial charge in [0.1, 0.15) is 5.82 Å². The van der Waals surface area contributed by atoms with Crippen molar-refractivity contribution in [1.29, 1.82) is 0 Å². The molecule has 1 rings (SSSR count). The Balaban J connectivity index is 2.80. The molecule has 0 heterocycles. The number of aliphatic carboxylic acids is 1. The number of amides is 1. The molecule has 1 N–H and O–H groups in total. The second-order valence-electron chi connectivity index (χ2n) is 4.74. The second-order valence-corrected chi connectivity index (χ2v) is 5.59. The Morgan fingerprint density at radius 3 is 2.60 bits per heavy atom. The van der Waals surface area contributed by atoms with Crippen molar-refractivity contribution in [2.75, 3.05) is 6.54 Å². The summed E-state index contributed by atoms with van der Waals surface area (Å²) in [5, 5.41) is 8.70. The third-order valence-corrected chi connectivity index (χ3v) is 3.63. The number of carboxylic acids is 1. The number of carbonyl (C=O) groups excluding carboxylic acids is 1. The van der Waals surface area contributed by atoms with Gasteiger partial charge in [0.2, 0.25) is 5.91 Å². The molecule has 0 saturated carbocycles. The van der Waals surface area contributed by atoms with Crippen molar-refractivity contribution in [3.05, 3.63) is 34.1 Å². The molecular formula is C14H17BrFNO3. The Hall–Kier alpha value is -1.43. The summed E-state index contributed by atoms with van der Waals surface area (Å²) in [6.07, 6.45) is -0.0651. The lowest BCUT2D eigenvalue weighted by Gasteiger charge is -2.26. The molecule has 1 aromatic carbocycles. The lowest BCUT2D eigenvalue weighted by molar-refractivity contribution is -0.139. The van der Waals surface area contributed by atoms with E-state index in [0.717, 1.165) is 0 Å². The Morgan fingerprint density at radius 1 is 1.40 bits per heavy atom. The largest absolute Gasteiger partial charge is 0.481 e. The Kier molecular flexibility index (Phi) is 6.13. The van der Waals surface area contributed by atoms with Gasteiger partial charge in [-0.2, -0.15) is 0 Å². The molecule has 1 aromatic rings. The SMILES string of the molecule is CC(C)N(CCC(=O)O)C(=O)Cc1cc(F)ccc1Br. The van der Waals surface area contributed by atoms with Crippen LogP contribution in [0.3, 0.4) is 0 Å². The average Bonchev–Trinajstić information content (AvgIpc) is 2.33. The lowest BCUT2D eigenvalue weighted by atomic mass is 10.1. The van der Waals surface area contributed by atoms with Crippen LogP contribution < -0.4 is 0 Å². The number of rotatable bonds is 6. The average molecular weight is 346 g/mol. The predicted molar refractivity (Wildman–Crippen MR) is 76.9 cm³/mol. The predicted octanol–water partition coefficient (Wildman–Crippen LogP) is 2.84. The van der Waals surface area contributed by atoms with E-state index in [-0.39, 0.29) is 31.3 Å². The third-order valence-electron chi connectivity index (χ3n) is 2.86. The van der Waals surface area contributed by atoms with E-state index in [1.165, 1.54) is 17.0 Å². The van der Waals surface area contributed by atoms with E-state index in [2.05, 4.69) is 15.9 Å². The highest BCUT2D eigenvalue weighted by Crippen LogP contribution is 2.19. The number of carbonyl (C=O) groups is 2. The van der Waals surface area contributed by atoms with Gasteiger partial charge in [0.25, 0.3) is 0 Å². The van der Waals surface area contributed by atoms with Gasteiger partial charge in [0, 0.05) is 17.1 Å². The van der Waals surface area contributed by atoms with Gasteiger partial charge in [-0.25, -0.2) is 4.39 Å².